The predicted molar refractivity (Wildman–Crippen MR) is 107 cm³/mol. The highest BCUT2D eigenvalue weighted by atomic mass is 16.5. The van der Waals surface area contributed by atoms with Crippen molar-refractivity contribution in [3.05, 3.63) is 47.9 Å². The van der Waals surface area contributed by atoms with Crippen LogP contribution >= 0.6 is 0 Å². The number of methoxy groups -OCH3 is 1. The molecule has 1 aromatic carbocycles. The lowest BCUT2D eigenvalue weighted by atomic mass is 9.59. The first-order valence-electron chi connectivity index (χ1n) is 9.98. The Labute approximate surface area is 165 Å². The van der Waals surface area contributed by atoms with Crippen LogP contribution in [0.15, 0.2) is 41.8 Å². The second-order valence-corrected chi connectivity index (χ2v) is 8.51. The summed E-state index contributed by atoms with van der Waals surface area (Å²) in [6.07, 6.45) is 9.69. The van der Waals surface area contributed by atoms with Crippen molar-refractivity contribution in [2.24, 2.45) is 22.1 Å². The topological polar surface area (TPSA) is 82.6 Å². The molecule has 6 nitrogen and oxygen atoms in total. The van der Waals surface area contributed by atoms with Gasteiger partial charge in [0.25, 0.3) is 6.02 Å². The van der Waals surface area contributed by atoms with Gasteiger partial charge in [-0.15, -0.1) is 0 Å². The Kier molecular flexibility index (Phi) is 3.95. The maximum Gasteiger partial charge on any atom is 0.283 e. The molecule has 2 heterocycles. The van der Waals surface area contributed by atoms with Gasteiger partial charge in [-0.1, -0.05) is 19.1 Å². The summed E-state index contributed by atoms with van der Waals surface area (Å²) >= 11 is 0. The van der Waals surface area contributed by atoms with E-state index in [4.69, 9.17) is 20.2 Å². The van der Waals surface area contributed by atoms with Gasteiger partial charge in [-0.05, 0) is 48.8 Å². The molecule has 2 aliphatic carbocycles. The molecule has 0 saturated heterocycles. The van der Waals surface area contributed by atoms with Gasteiger partial charge >= 0.3 is 0 Å². The van der Waals surface area contributed by atoms with Crippen LogP contribution in [0.3, 0.4) is 0 Å². The molecular formula is C22H26N4O2. The van der Waals surface area contributed by atoms with Gasteiger partial charge in [0.2, 0.25) is 0 Å². The van der Waals surface area contributed by atoms with Crippen LogP contribution in [0.5, 0.6) is 0 Å². The van der Waals surface area contributed by atoms with Gasteiger partial charge in [0.15, 0.2) is 0 Å². The van der Waals surface area contributed by atoms with E-state index in [0.717, 1.165) is 36.9 Å². The second kappa shape index (κ2) is 6.27. The van der Waals surface area contributed by atoms with Crippen molar-refractivity contribution in [3.63, 3.8) is 0 Å². The van der Waals surface area contributed by atoms with E-state index in [2.05, 4.69) is 35.1 Å². The van der Waals surface area contributed by atoms with Crippen molar-refractivity contribution < 1.29 is 9.47 Å². The Hall–Kier alpha value is -2.47. The quantitative estimate of drug-likeness (QED) is 0.868. The number of aliphatic imine (C=N–C) groups is 1. The van der Waals surface area contributed by atoms with Gasteiger partial charge in [-0.2, -0.15) is 0 Å². The normalized spacial score (nSPS) is 33.7. The predicted octanol–water partition coefficient (Wildman–Crippen LogP) is 3.06. The van der Waals surface area contributed by atoms with Crippen molar-refractivity contribution in [2.45, 2.75) is 44.2 Å². The Balaban J connectivity index is 1.62. The summed E-state index contributed by atoms with van der Waals surface area (Å²) in [5, 5.41) is 0. The van der Waals surface area contributed by atoms with Gasteiger partial charge < -0.3 is 15.2 Å². The second-order valence-electron chi connectivity index (χ2n) is 8.51. The summed E-state index contributed by atoms with van der Waals surface area (Å²) in [5.41, 5.74) is 10.2. The van der Waals surface area contributed by atoms with Crippen LogP contribution in [0, 0.1) is 11.3 Å². The highest BCUT2D eigenvalue weighted by Crippen LogP contribution is 2.62. The number of nitrogens with zero attached hydrogens (tertiary/aromatic N) is 3. The van der Waals surface area contributed by atoms with Gasteiger partial charge in [0.05, 0.1) is 18.0 Å². The van der Waals surface area contributed by atoms with Crippen molar-refractivity contribution in [1.29, 1.82) is 0 Å². The molecule has 1 aromatic heterocycles. The maximum absolute atomic E-state index is 6.05. The van der Waals surface area contributed by atoms with Crippen LogP contribution in [0.2, 0.25) is 0 Å². The molecule has 0 unspecified atom stereocenters. The van der Waals surface area contributed by atoms with Crippen LogP contribution in [-0.2, 0) is 21.4 Å². The lowest BCUT2D eigenvalue weighted by molar-refractivity contribution is -0.0445. The molecule has 146 valence electrons. The number of ether oxygens (including phenoxy) is 2. The number of rotatable bonds is 2. The molecule has 2 spiro atoms. The van der Waals surface area contributed by atoms with E-state index in [1.807, 2.05) is 7.11 Å². The third-order valence-electron chi connectivity index (χ3n) is 7.11. The number of hydrogen-bond acceptors (Lipinski definition) is 6. The minimum Gasteiger partial charge on any atom is -0.462 e. The van der Waals surface area contributed by atoms with Gasteiger partial charge in [0, 0.05) is 30.5 Å². The zero-order valence-electron chi connectivity index (χ0n) is 16.4. The molecule has 0 bridgehead atoms. The molecule has 0 radical (unpaired) electrons. The summed E-state index contributed by atoms with van der Waals surface area (Å²) in [4.78, 5) is 13.6. The van der Waals surface area contributed by atoms with E-state index in [-0.39, 0.29) is 5.41 Å². The highest BCUT2D eigenvalue weighted by Gasteiger charge is 2.62. The van der Waals surface area contributed by atoms with Crippen molar-refractivity contribution in [3.8, 4) is 11.3 Å². The smallest absolute Gasteiger partial charge is 0.283 e. The van der Waals surface area contributed by atoms with Crippen molar-refractivity contribution in [1.82, 2.24) is 9.97 Å². The third-order valence-corrected chi connectivity index (χ3v) is 7.11. The van der Waals surface area contributed by atoms with Crippen LogP contribution < -0.4 is 5.73 Å². The molecular weight excluding hydrogens is 352 g/mol. The molecule has 1 saturated carbocycles. The van der Waals surface area contributed by atoms with E-state index >= 15 is 0 Å². The average molecular weight is 378 g/mol. The van der Waals surface area contributed by atoms with E-state index in [1.165, 1.54) is 11.1 Å². The molecule has 2 aromatic rings. The monoisotopic (exact) mass is 378 g/mol. The first-order valence-corrected chi connectivity index (χ1v) is 9.98. The number of amidine groups is 1. The number of aromatic nitrogens is 2. The first-order chi connectivity index (χ1) is 13.6. The minimum absolute atomic E-state index is 0.0197. The Morgan fingerprint density at radius 2 is 2.18 bits per heavy atom. The zero-order valence-corrected chi connectivity index (χ0v) is 16.4. The van der Waals surface area contributed by atoms with E-state index in [9.17, 15) is 0 Å². The molecule has 0 amide bonds. The summed E-state index contributed by atoms with van der Waals surface area (Å²) in [6.45, 7) is 2.81. The molecule has 28 heavy (non-hydrogen) atoms. The van der Waals surface area contributed by atoms with E-state index in [0.29, 0.717) is 24.7 Å². The van der Waals surface area contributed by atoms with Gasteiger partial charge in [-0.25, -0.2) is 4.99 Å². The molecule has 5 rings (SSSR count). The average Bonchev–Trinajstić information content (AvgIpc) is 3.22. The number of fused-ring (bicyclic) bond motifs is 3. The number of nitrogens with two attached hydrogens (primary N) is 1. The first kappa shape index (κ1) is 17.6. The number of hydrogen-bond donors (Lipinski definition) is 1. The SMILES string of the molecule is CO[C@H]1CC[C@@]2(Cc3ccc(-c4cnccn4)cc3[C@@]23COC(N)=N3)C[C@@H]1C. The lowest BCUT2D eigenvalue weighted by Gasteiger charge is -2.47. The lowest BCUT2D eigenvalue weighted by Crippen LogP contribution is -2.48. The van der Waals surface area contributed by atoms with Crippen LogP contribution in [0.4, 0.5) is 0 Å². The fourth-order valence-corrected chi connectivity index (χ4v) is 5.80. The van der Waals surface area contributed by atoms with Crippen molar-refractivity contribution in [2.75, 3.05) is 13.7 Å². The fraction of sp³-hybridized carbons (Fsp3) is 0.500. The summed E-state index contributed by atoms with van der Waals surface area (Å²) < 4.78 is 11.5. The summed E-state index contributed by atoms with van der Waals surface area (Å²) in [5.74, 6) is 0.474. The maximum atomic E-state index is 6.05. The van der Waals surface area contributed by atoms with Crippen molar-refractivity contribution >= 4 is 6.02 Å². The van der Waals surface area contributed by atoms with Crippen LogP contribution in [-0.4, -0.2) is 35.8 Å². The molecule has 4 atom stereocenters. The molecule has 1 aliphatic heterocycles. The Bertz CT molecular complexity index is 931. The molecule has 6 heteroatoms. The van der Waals surface area contributed by atoms with Crippen LogP contribution in [0.25, 0.3) is 11.3 Å². The fourth-order valence-electron chi connectivity index (χ4n) is 5.80. The largest absolute Gasteiger partial charge is 0.462 e. The van der Waals surface area contributed by atoms with Gasteiger partial charge in [-0.3, -0.25) is 9.97 Å². The Morgan fingerprint density at radius 3 is 2.86 bits per heavy atom. The molecule has 1 fully saturated rings. The summed E-state index contributed by atoms with van der Waals surface area (Å²) in [7, 11) is 1.82. The van der Waals surface area contributed by atoms with Crippen LogP contribution in [0.1, 0.15) is 37.3 Å². The zero-order chi connectivity index (χ0) is 19.4. The Morgan fingerprint density at radius 1 is 1.29 bits per heavy atom. The highest BCUT2D eigenvalue weighted by molar-refractivity contribution is 5.75. The van der Waals surface area contributed by atoms with E-state index < -0.39 is 5.54 Å². The minimum atomic E-state index is -0.419. The third kappa shape index (κ3) is 2.40. The summed E-state index contributed by atoms with van der Waals surface area (Å²) in [6, 6.07) is 6.90. The molecule has 2 N–H and O–H groups in total. The number of benzene rings is 1. The standard InChI is InChI=1S/C22H26N4O2/c1-14-10-21(6-5-19(14)27-2)11-16-4-3-15(18-12-24-7-8-25-18)9-17(16)22(21)13-28-20(23)26-22/h3-4,7-9,12,14,19H,5-6,10-11,13H2,1-2H3,(H2,23,26)/t14-,19-,21-,22-/m0/s1. The van der Waals surface area contributed by atoms with E-state index in [1.54, 1.807) is 18.6 Å². The molecule has 3 aliphatic rings. The van der Waals surface area contributed by atoms with Gasteiger partial charge in [0.1, 0.15) is 12.1 Å².